The summed E-state index contributed by atoms with van der Waals surface area (Å²) in [6, 6.07) is 2.04. The summed E-state index contributed by atoms with van der Waals surface area (Å²) in [6.45, 7) is 4.96. The van der Waals surface area contributed by atoms with Crippen molar-refractivity contribution in [3.05, 3.63) is 29.5 Å². The molecule has 1 atom stereocenters. The van der Waals surface area contributed by atoms with Gasteiger partial charge in [0, 0.05) is 19.3 Å². The van der Waals surface area contributed by atoms with Gasteiger partial charge < -0.3 is 10.6 Å². The summed E-state index contributed by atoms with van der Waals surface area (Å²) >= 11 is 3.44. The number of aromatic nitrogens is 3. The summed E-state index contributed by atoms with van der Waals surface area (Å²) in [7, 11) is 0. The largest absolute Gasteiger partial charge is 0.383 e. The molecule has 21 heavy (non-hydrogen) atoms. The smallest absolute Gasteiger partial charge is 0.246 e. The maximum atomic E-state index is 11.8. The van der Waals surface area contributed by atoms with Crippen molar-refractivity contribution in [1.82, 2.24) is 19.7 Å². The number of carbonyl (C=O) groups excluding carboxylic acids is 1. The van der Waals surface area contributed by atoms with E-state index in [0.29, 0.717) is 17.0 Å². The Kier molecular flexibility index (Phi) is 3.67. The molecule has 0 aromatic carbocycles. The first-order chi connectivity index (χ1) is 10.1. The van der Waals surface area contributed by atoms with Crippen LogP contribution in [-0.4, -0.2) is 38.7 Å². The second-order valence-electron chi connectivity index (χ2n) is 5.11. The summed E-state index contributed by atoms with van der Waals surface area (Å²) in [5.74, 6) is 0.428. The zero-order chi connectivity index (χ0) is 15.0. The third-order valence-corrected chi connectivity index (χ3v) is 4.39. The number of halogens is 1. The van der Waals surface area contributed by atoms with Gasteiger partial charge in [-0.05, 0) is 40.9 Å². The van der Waals surface area contributed by atoms with Crippen LogP contribution in [0.2, 0.25) is 0 Å². The van der Waals surface area contributed by atoms with E-state index in [9.17, 15) is 4.79 Å². The van der Waals surface area contributed by atoms with Crippen LogP contribution in [0.5, 0.6) is 0 Å². The van der Waals surface area contributed by atoms with Gasteiger partial charge in [-0.2, -0.15) is 5.10 Å². The quantitative estimate of drug-likeness (QED) is 0.842. The van der Waals surface area contributed by atoms with Crippen LogP contribution in [0.4, 0.5) is 5.82 Å². The molecule has 0 spiro atoms. The van der Waals surface area contributed by atoms with Crippen LogP contribution in [0.1, 0.15) is 18.9 Å². The molecule has 2 aromatic heterocycles. The average molecular weight is 350 g/mol. The van der Waals surface area contributed by atoms with E-state index in [1.165, 1.54) is 6.08 Å². The Labute approximate surface area is 130 Å². The van der Waals surface area contributed by atoms with E-state index in [1.807, 2.05) is 15.6 Å². The molecular formula is C14H16BrN5O. The summed E-state index contributed by atoms with van der Waals surface area (Å²) in [5, 5.41) is 5.37. The molecule has 1 fully saturated rings. The van der Waals surface area contributed by atoms with Crippen molar-refractivity contribution in [3.8, 4) is 0 Å². The zero-order valence-corrected chi connectivity index (χ0v) is 13.1. The molecule has 6 nitrogen and oxygen atoms in total. The van der Waals surface area contributed by atoms with Gasteiger partial charge >= 0.3 is 0 Å². The molecule has 1 unspecified atom stereocenters. The summed E-state index contributed by atoms with van der Waals surface area (Å²) in [6.07, 6.45) is 4.97. The molecule has 1 amide bonds. The molecule has 2 aromatic rings. The lowest BCUT2D eigenvalue weighted by molar-refractivity contribution is -0.127. The van der Waals surface area contributed by atoms with Gasteiger partial charge in [0.15, 0.2) is 0 Å². The van der Waals surface area contributed by atoms with E-state index >= 15 is 0 Å². The van der Waals surface area contributed by atoms with Gasteiger partial charge in [-0.1, -0.05) is 6.58 Å². The Hall–Kier alpha value is -1.89. The van der Waals surface area contributed by atoms with E-state index in [4.69, 9.17) is 5.73 Å². The summed E-state index contributed by atoms with van der Waals surface area (Å²) < 4.78 is 2.63. The number of anilines is 1. The minimum atomic E-state index is -0.0311. The molecular weight excluding hydrogens is 334 g/mol. The van der Waals surface area contributed by atoms with E-state index in [2.05, 4.69) is 32.6 Å². The molecule has 0 saturated carbocycles. The van der Waals surface area contributed by atoms with Crippen molar-refractivity contribution >= 4 is 38.6 Å². The van der Waals surface area contributed by atoms with Gasteiger partial charge in [0.2, 0.25) is 5.91 Å². The SMILES string of the molecule is C=CC(=O)N1CCCC(n2nc(Br)c3c(N)nccc32)C1. The van der Waals surface area contributed by atoms with Crippen molar-refractivity contribution < 1.29 is 4.79 Å². The second kappa shape index (κ2) is 5.48. The number of fused-ring (bicyclic) bond motifs is 1. The Bertz CT molecular complexity index is 711. The maximum Gasteiger partial charge on any atom is 0.246 e. The molecule has 1 aliphatic rings. The third-order valence-electron chi connectivity index (χ3n) is 3.84. The number of nitrogens with two attached hydrogens (primary N) is 1. The monoisotopic (exact) mass is 349 g/mol. The molecule has 2 N–H and O–H groups in total. The average Bonchev–Trinajstić information content (AvgIpc) is 2.85. The number of hydrogen-bond donors (Lipinski definition) is 1. The number of rotatable bonds is 2. The summed E-state index contributed by atoms with van der Waals surface area (Å²) in [4.78, 5) is 17.7. The maximum absolute atomic E-state index is 11.8. The molecule has 3 rings (SSSR count). The first kappa shape index (κ1) is 14.1. The van der Waals surface area contributed by atoms with Gasteiger partial charge in [-0.25, -0.2) is 4.98 Å². The fraction of sp³-hybridized carbons (Fsp3) is 0.357. The fourth-order valence-corrected chi connectivity index (χ4v) is 3.41. The van der Waals surface area contributed by atoms with Crippen LogP contribution in [0.25, 0.3) is 10.9 Å². The topological polar surface area (TPSA) is 77.0 Å². The predicted octanol–water partition coefficient (Wildman–Crippen LogP) is 2.13. The number of hydrogen-bond acceptors (Lipinski definition) is 4. The van der Waals surface area contributed by atoms with Crippen LogP contribution < -0.4 is 5.73 Å². The number of pyridine rings is 1. The molecule has 0 bridgehead atoms. The standard InChI is InChI=1S/C14H16BrN5O/c1-2-11(21)19-7-3-4-9(8-19)20-10-5-6-17-14(16)12(10)13(15)18-20/h2,5-6,9H,1,3-4,7-8H2,(H2,16,17). The van der Waals surface area contributed by atoms with E-state index in [0.717, 1.165) is 30.3 Å². The van der Waals surface area contributed by atoms with Crippen molar-refractivity contribution in [2.24, 2.45) is 0 Å². The summed E-state index contributed by atoms with van der Waals surface area (Å²) in [5.41, 5.74) is 6.86. The van der Waals surface area contributed by atoms with E-state index in [1.54, 1.807) is 6.20 Å². The van der Waals surface area contributed by atoms with Gasteiger partial charge in [-0.15, -0.1) is 0 Å². The number of nitrogens with zero attached hydrogens (tertiary/aromatic N) is 4. The zero-order valence-electron chi connectivity index (χ0n) is 11.5. The first-order valence-electron chi connectivity index (χ1n) is 6.81. The molecule has 7 heteroatoms. The molecule has 1 saturated heterocycles. The van der Waals surface area contributed by atoms with Crippen LogP contribution in [0.15, 0.2) is 29.5 Å². The Morgan fingerprint density at radius 3 is 3.14 bits per heavy atom. The molecule has 1 aliphatic heterocycles. The normalized spacial score (nSPS) is 18.9. The molecule has 0 radical (unpaired) electrons. The Morgan fingerprint density at radius 1 is 1.57 bits per heavy atom. The highest BCUT2D eigenvalue weighted by molar-refractivity contribution is 9.10. The third kappa shape index (κ3) is 2.42. The Balaban J connectivity index is 1.99. The number of nitrogen functional groups attached to an aromatic ring is 1. The number of piperidine rings is 1. The van der Waals surface area contributed by atoms with Crippen molar-refractivity contribution in [3.63, 3.8) is 0 Å². The predicted molar refractivity (Wildman–Crippen MR) is 84.7 cm³/mol. The van der Waals surface area contributed by atoms with Crippen LogP contribution in [0, 0.1) is 0 Å². The number of carbonyl (C=O) groups is 1. The van der Waals surface area contributed by atoms with E-state index < -0.39 is 0 Å². The lowest BCUT2D eigenvalue weighted by atomic mass is 10.1. The van der Waals surface area contributed by atoms with Crippen molar-refractivity contribution in [2.75, 3.05) is 18.8 Å². The van der Waals surface area contributed by atoms with Crippen LogP contribution in [-0.2, 0) is 4.79 Å². The van der Waals surface area contributed by atoms with E-state index in [-0.39, 0.29) is 11.9 Å². The minimum Gasteiger partial charge on any atom is -0.383 e. The van der Waals surface area contributed by atoms with Crippen LogP contribution in [0.3, 0.4) is 0 Å². The van der Waals surface area contributed by atoms with Gasteiger partial charge in [0.1, 0.15) is 10.4 Å². The molecule has 110 valence electrons. The fourth-order valence-electron chi connectivity index (χ4n) is 2.83. The molecule has 3 heterocycles. The van der Waals surface area contributed by atoms with Gasteiger partial charge in [0.25, 0.3) is 0 Å². The lowest BCUT2D eigenvalue weighted by Crippen LogP contribution is -2.40. The highest BCUT2D eigenvalue weighted by Gasteiger charge is 2.26. The van der Waals surface area contributed by atoms with Gasteiger partial charge in [0.05, 0.1) is 16.9 Å². The number of amides is 1. The second-order valence-corrected chi connectivity index (χ2v) is 5.86. The van der Waals surface area contributed by atoms with Gasteiger partial charge in [-0.3, -0.25) is 9.48 Å². The van der Waals surface area contributed by atoms with Crippen molar-refractivity contribution in [2.45, 2.75) is 18.9 Å². The highest BCUT2D eigenvalue weighted by Crippen LogP contribution is 2.31. The minimum absolute atomic E-state index is 0.0311. The molecule has 0 aliphatic carbocycles. The number of likely N-dealkylation sites (tertiary alicyclic amines) is 1. The Morgan fingerprint density at radius 2 is 2.38 bits per heavy atom. The highest BCUT2D eigenvalue weighted by atomic mass is 79.9. The first-order valence-corrected chi connectivity index (χ1v) is 7.60. The van der Waals surface area contributed by atoms with Crippen LogP contribution >= 0.6 is 15.9 Å². The lowest BCUT2D eigenvalue weighted by Gasteiger charge is -2.32. The van der Waals surface area contributed by atoms with Crippen molar-refractivity contribution in [1.29, 1.82) is 0 Å².